The zero-order valence-corrected chi connectivity index (χ0v) is 10.9. The van der Waals surface area contributed by atoms with E-state index in [2.05, 4.69) is 38.1 Å². The van der Waals surface area contributed by atoms with Crippen molar-refractivity contribution in [2.45, 2.75) is 45.3 Å². The van der Waals surface area contributed by atoms with Crippen molar-refractivity contribution in [3.63, 3.8) is 0 Å². The van der Waals surface area contributed by atoms with Gasteiger partial charge in [-0.15, -0.1) is 0 Å². The maximum absolute atomic E-state index is 5.77. The van der Waals surface area contributed by atoms with Crippen LogP contribution in [0.3, 0.4) is 0 Å². The summed E-state index contributed by atoms with van der Waals surface area (Å²) in [5, 5.41) is 0. The number of ether oxygens (including phenoxy) is 2. The molecule has 1 heterocycles. The van der Waals surface area contributed by atoms with Crippen molar-refractivity contribution in [1.82, 2.24) is 0 Å². The summed E-state index contributed by atoms with van der Waals surface area (Å²) >= 11 is 0. The standard InChI is InChI=1S/C15H22O2/c1-3-5-6-13-7-9-14(10-8-13)15(4-2)16-11-12-17-15/h7-10H,3-6,11-12H2,1-2H3. The van der Waals surface area contributed by atoms with Crippen molar-refractivity contribution in [3.05, 3.63) is 35.4 Å². The zero-order chi connectivity index (χ0) is 12.1. The molecule has 2 nitrogen and oxygen atoms in total. The van der Waals surface area contributed by atoms with Crippen molar-refractivity contribution in [1.29, 1.82) is 0 Å². The predicted octanol–water partition coefficient (Wildman–Crippen LogP) is 3.64. The Morgan fingerprint density at radius 3 is 2.24 bits per heavy atom. The number of hydrogen-bond donors (Lipinski definition) is 0. The summed E-state index contributed by atoms with van der Waals surface area (Å²) in [7, 11) is 0. The number of unbranched alkanes of at least 4 members (excludes halogenated alkanes) is 1. The Labute approximate surface area is 104 Å². The molecule has 0 spiro atoms. The van der Waals surface area contributed by atoms with Crippen LogP contribution >= 0.6 is 0 Å². The molecule has 0 aliphatic carbocycles. The van der Waals surface area contributed by atoms with Gasteiger partial charge in [-0.3, -0.25) is 0 Å². The highest BCUT2D eigenvalue weighted by atomic mass is 16.7. The van der Waals surface area contributed by atoms with Crippen LogP contribution in [0.2, 0.25) is 0 Å². The third-order valence-corrected chi connectivity index (χ3v) is 3.43. The van der Waals surface area contributed by atoms with E-state index in [1.165, 1.54) is 18.4 Å². The lowest BCUT2D eigenvalue weighted by molar-refractivity contribution is -0.167. The van der Waals surface area contributed by atoms with Gasteiger partial charge in [0.15, 0.2) is 5.79 Å². The molecule has 1 aliphatic heterocycles. The fraction of sp³-hybridized carbons (Fsp3) is 0.600. The number of rotatable bonds is 5. The molecule has 94 valence electrons. The second kappa shape index (κ2) is 5.65. The Morgan fingerprint density at radius 2 is 1.71 bits per heavy atom. The SMILES string of the molecule is CCCCc1ccc(C2(CC)OCCO2)cc1. The minimum absolute atomic E-state index is 0.483. The van der Waals surface area contributed by atoms with Crippen LogP contribution in [0.4, 0.5) is 0 Å². The Kier molecular flexibility index (Phi) is 4.19. The van der Waals surface area contributed by atoms with Crippen LogP contribution in [0.25, 0.3) is 0 Å². The van der Waals surface area contributed by atoms with Crippen molar-refractivity contribution >= 4 is 0 Å². The predicted molar refractivity (Wildman–Crippen MR) is 68.9 cm³/mol. The van der Waals surface area contributed by atoms with Crippen LogP contribution in [-0.4, -0.2) is 13.2 Å². The minimum Gasteiger partial charge on any atom is -0.343 e. The van der Waals surface area contributed by atoms with Gasteiger partial charge in [0.05, 0.1) is 13.2 Å². The van der Waals surface area contributed by atoms with Gasteiger partial charge in [-0.1, -0.05) is 44.5 Å². The van der Waals surface area contributed by atoms with E-state index in [0.717, 1.165) is 18.4 Å². The molecule has 0 N–H and O–H groups in total. The van der Waals surface area contributed by atoms with Gasteiger partial charge >= 0.3 is 0 Å². The molecule has 2 heteroatoms. The van der Waals surface area contributed by atoms with Crippen LogP contribution in [0.5, 0.6) is 0 Å². The Hall–Kier alpha value is -0.860. The van der Waals surface area contributed by atoms with Crippen LogP contribution < -0.4 is 0 Å². The van der Waals surface area contributed by atoms with E-state index in [4.69, 9.17) is 9.47 Å². The maximum atomic E-state index is 5.77. The zero-order valence-electron chi connectivity index (χ0n) is 10.9. The van der Waals surface area contributed by atoms with E-state index in [0.29, 0.717) is 13.2 Å². The van der Waals surface area contributed by atoms with Crippen LogP contribution in [0.15, 0.2) is 24.3 Å². The minimum atomic E-state index is -0.483. The summed E-state index contributed by atoms with van der Waals surface area (Å²) < 4.78 is 11.5. The van der Waals surface area contributed by atoms with E-state index in [9.17, 15) is 0 Å². The molecule has 0 unspecified atom stereocenters. The highest BCUT2D eigenvalue weighted by Gasteiger charge is 2.36. The molecule has 0 amide bonds. The quantitative estimate of drug-likeness (QED) is 0.774. The maximum Gasteiger partial charge on any atom is 0.194 e. The molecule has 0 saturated carbocycles. The molecule has 0 radical (unpaired) electrons. The van der Waals surface area contributed by atoms with E-state index >= 15 is 0 Å². The topological polar surface area (TPSA) is 18.5 Å². The normalized spacial score (nSPS) is 18.5. The molecule has 0 atom stereocenters. The van der Waals surface area contributed by atoms with Gasteiger partial charge < -0.3 is 9.47 Å². The summed E-state index contributed by atoms with van der Waals surface area (Å²) in [5.74, 6) is -0.483. The highest BCUT2D eigenvalue weighted by Crippen LogP contribution is 2.34. The third kappa shape index (κ3) is 2.70. The van der Waals surface area contributed by atoms with Crippen LogP contribution in [0.1, 0.15) is 44.2 Å². The molecule has 0 aromatic heterocycles. The van der Waals surface area contributed by atoms with E-state index < -0.39 is 5.79 Å². The molecule has 0 bridgehead atoms. The largest absolute Gasteiger partial charge is 0.343 e. The van der Waals surface area contributed by atoms with E-state index in [1.54, 1.807) is 0 Å². The average molecular weight is 234 g/mol. The lowest BCUT2D eigenvalue weighted by Gasteiger charge is -2.26. The first-order valence-corrected chi connectivity index (χ1v) is 6.68. The first kappa shape index (κ1) is 12.6. The molecule has 1 aromatic rings. The van der Waals surface area contributed by atoms with Crippen molar-refractivity contribution in [2.75, 3.05) is 13.2 Å². The third-order valence-electron chi connectivity index (χ3n) is 3.43. The molecule has 1 saturated heterocycles. The molecule has 1 aliphatic rings. The van der Waals surface area contributed by atoms with Gasteiger partial charge in [-0.25, -0.2) is 0 Å². The van der Waals surface area contributed by atoms with Gasteiger partial charge in [0.2, 0.25) is 0 Å². The summed E-state index contributed by atoms with van der Waals surface area (Å²) in [4.78, 5) is 0. The second-order valence-electron chi connectivity index (χ2n) is 4.60. The molecular formula is C15H22O2. The van der Waals surface area contributed by atoms with Crippen LogP contribution in [0, 0.1) is 0 Å². The second-order valence-corrected chi connectivity index (χ2v) is 4.60. The first-order chi connectivity index (χ1) is 8.30. The fourth-order valence-electron chi connectivity index (χ4n) is 2.34. The highest BCUT2D eigenvalue weighted by molar-refractivity contribution is 5.26. The smallest absolute Gasteiger partial charge is 0.194 e. The lowest BCUT2D eigenvalue weighted by atomic mass is 10.00. The monoisotopic (exact) mass is 234 g/mol. The Morgan fingerprint density at radius 1 is 1.06 bits per heavy atom. The van der Waals surface area contributed by atoms with Crippen molar-refractivity contribution < 1.29 is 9.47 Å². The fourth-order valence-corrected chi connectivity index (χ4v) is 2.34. The average Bonchev–Trinajstić information content (AvgIpc) is 2.87. The van der Waals surface area contributed by atoms with E-state index in [-0.39, 0.29) is 0 Å². The molecular weight excluding hydrogens is 212 g/mol. The first-order valence-electron chi connectivity index (χ1n) is 6.68. The van der Waals surface area contributed by atoms with Gasteiger partial charge in [0.25, 0.3) is 0 Å². The number of hydrogen-bond acceptors (Lipinski definition) is 2. The number of aryl methyl sites for hydroxylation is 1. The summed E-state index contributed by atoms with van der Waals surface area (Å²) in [6.07, 6.45) is 4.52. The molecule has 17 heavy (non-hydrogen) atoms. The van der Waals surface area contributed by atoms with Gasteiger partial charge in [0, 0.05) is 12.0 Å². The van der Waals surface area contributed by atoms with Gasteiger partial charge in [-0.2, -0.15) is 0 Å². The van der Waals surface area contributed by atoms with Crippen molar-refractivity contribution in [2.24, 2.45) is 0 Å². The van der Waals surface area contributed by atoms with E-state index in [1.807, 2.05) is 0 Å². The Balaban J connectivity index is 2.11. The molecule has 1 fully saturated rings. The van der Waals surface area contributed by atoms with Crippen molar-refractivity contribution in [3.8, 4) is 0 Å². The van der Waals surface area contributed by atoms with Gasteiger partial charge in [-0.05, 0) is 18.4 Å². The summed E-state index contributed by atoms with van der Waals surface area (Å²) in [5.41, 5.74) is 2.55. The lowest BCUT2D eigenvalue weighted by Crippen LogP contribution is -2.25. The summed E-state index contributed by atoms with van der Waals surface area (Å²) in [6.45, 7) is 5.73. The summed E-state index contributed by atoms with van der Waals surface area (Å²) in [6, 6.07) is 8.71. The van der Waals surface area contributed by atoms with Gasteiger partial charge in [0.1, 0.15) is 0 Å². The molecule has 2 rings (SSSR count). The van der Waals surface area contributed by atoms with Crippen LogP contribution in [-0.2, 0) is 21.7 Å². The molecule has 1 aromatic carbocycles. The Bertz CT molecular complexity index is 336. The number of benzene rings is 1.